The van der Waals surface area contributed by atoms with Gasteiger partial charge in [0.2, 0.25) is 0 Å². The summed E-state index contributed by atoms with van der Waals surface area (Å²) in [5.74, 6) is 1.44. The molecule has 0 saturated heterocycles. The minimum absolute atomic E-state index is 0.457. The van der Waals surface area contributed by atoms with E-state index < -0.39 is 0 Å². The second-order valence-electron chi connectivity index (χ2n) is 3.38. The first-order valence-corrected chi connectivity index (χ1v) is 5.22. The number of nitrogens with zero attached hydrogens (tertiary/aromatic N) is 2. The first kappa shape index (κ1) is 10.9. The van der Waals surface area contributed by atoms with Crippen molar-refractivity contribution in [3.05, 3.63) is 41.2 Å². The standard InChI is InChI=1S/C12H11ClN2O/c1-8-7-11(13)15-12(14-8)9-3-5-10(16-2)6-4-9/h3-7H,1-2H3. The van der Waals surface area contributed by atoms with Crippen LogP contribution in [-0.2, 0) is 0 Å². The van der Waals surface area contributed by atoms with Crippen LogP contribution in [-0.4, -0.2) is 17.1 Å². The molecular formula is C12H11ClN2O. The van der Waals surface area contributed by atoms with E-state index in [4.69, 9.17) is 16.3 Å². The Kier molecular flexibility index (Phi) is 3.06. The maximum atomic E-state index is 5.88. The number of rotatable bonds is 2. The fourth-order valence-electron chi connectivity index (χ4n) is 1.40. The van der Waals surface area contributed by atoms with Crippen molar-refractivity contribution in [3.8, 4) is 17.1 Å². The lowest BCUT2D eigenvalue weighted by atomic mass is 10.2. The normalized spacial score (nSPS) is 10.2. The van der Waals surface area contributed by atoms with Crippen LogP contribution in [0.4, 0.5) is 0 Å². The Bertz CT molecular complexity index is 477. The van der Waals surface area contributed by atoms with Crippen LogP contribution in [0.3, 0.4) is 0 Å². The molecule has 0 N–H and O–H groups in total. The van der Waals surface area contributed by atoms with E-state index in [1.165, 1.54) is 0 Å². The minimum atomic E-state index is 0.457. The zero-order valence-corrected chi connectivity index (χ0v) is 9.82. The average molecular weight is 235 g/mol. The molecule has 0 bridgehead atoms. The molecule has 0 unspecified atom stereocenters. The molecule has 1 aromatic heterocycles. The molecule has 0 radical (unpaired) electrons. The number of hydrogen-bond acceptors (Lipinski definition) is 3. The highest BCUT2D eigenvalue weighted by molar-refractivity contribution is 6.29. The van der Waals surface area contributed by atoms with Gasteiger partial charge in [-0.3, -0.25) is 0 Å². The van der Waals surface area contributed by atoms with E-state index in [1.54, 1.807) is 13.2 Å². The zero-order chi connectivity index (χ0) is 11.5. The molecule has 16 heavy (non-hydrogen) atoms. The van der Waals surface area contributed by atoms with Crippen molar-refractivity contribution < 1.29 is 4.74 Å². The molecule has 2 rings (SSSR count). The summed E-state index contributed by atoms with van der Waals surface area (Å²) in [5.41, 5.74) is 1.78. The summed E-state index contributed by atoms with van der Waals surface area (Å²) < 4.78 is 5.09. The molecule has 0 atom stereocenters. The van der Waals surface area contributed by atoms with Gasteiger partial charge in [-0.1, -0.05) is 11.6 Å². The lowest BCUT2D eigenvalue weighted by molar-refractivity contribution is 0.415. The number of methoxy groups -OCH3 is 1. The number of ether oxygens (including phenoxy) is 1. The van der Waals surface area contributed by atoms with E-state index in [0.717, 1.165) is 17.0 Å². The highest BCUT2D eigenvalue weighted by Gasteiger charge is 2.03. The molecule has 3 nitrogen and oxygen atoms in total. The summed E-state index contributed by atoms with van der Waals surface area (Å²) in [7, 11) is 1.63. The van der Waals surface area contributed by atoms with Gasteiger partial charge < -0.3 is 4.74 Å². The van der Waals surface area contributed by atoms with Crippen molar-refractivity contribution in [2.45, 2.75) is 6.92 Å². The van der Waals surface area contributed by atoms with Crippen LogP contribution in [0.5, 0.6) is 5.75 Å². The molecule has 4 heteroatoms. The van der Waals surface area contributed by atoms with Gasteiger partial charge in [0.25, 0.3) is 0 Å². The maximum Gasteiger partial charge on any atom is 0.161 e. The number of aromatic nitrogens is 2. The third-order valence-corrected chi connectivity index (χ3v) is 2.36. The van der Waals surface area contributed by atoms with E-state index in [0.29, 0.717) is 11.0 Å². The molecular weight excluding hydrogens is 224 g/mol. The molecule has 0 fully saturated rings. The maximum absolute atomic E-state index is 5.88. The Balaban J connectivity index is 2.42. The Morgan fingerprint density at radius 1 is 1.12 bits per heavy atom. The number of halogens is 1. The molecule has 0 aliphatic carbocycles. The predicted octanol–water partition coefficient (Wildman–Crippen LogP) is 3.11. The summed E-state index contributed by atoms with van der Waals surface area (Å²) in [6.07, 6.45) is 0. The molecule has 0 aliphatic heterocycles. The van der Waals surface area contributed by atoms with Crippen LogP contribution < -0.4 is 4.74 Å². The van der Waals surface area contributed by atoms with Gasteiger partial charge in [-0.2, -0.15) is 0 Å². The van der Waals surface area contributed by atoms with Crippen LogP contribution in [0.1, 0.15) is 5.69 Å². The summed E-state index contributed by atoms with van der Waals surface area (Å²) in [6, 6.07) is 9.28. The van der Waals surface area contributed by atoms with Gasteiger partial charge in [0.1, 0.15) is 10.9 Å². The van der Waals surface area contributed by atoms with Crippen molar-refractivity contribution in [1.82, 2.24) is 9.97 Å². The zero-order valence-electron chi connectivity index (χ0n) is 9.07. The molecule has 1 heterocycles. The third-order valence-electron chi connectivity index (χ3n) is 2.17. The Hall–Kier alpha value is -1.61. The monoisotopic (exact) mass is 234 g/mol. The molecule has 0 spiro atoms. The summed E-state index contributed by atoms with van der Waals surface area (Å²) >= 11 is 5.88. The van der Waals surface area contributed by atoms with E-state index in [-0.39, 0.29) is 0 Å². The van der Waals surface area contributed by atoms with Crippen LogP contribution in [0.15, 0.2) is 30.3 Å². The summed E-state index contributed by atoms with van der Waals surface area (Å²) in [6.45, 7) is 1.89. The smallest absolute Gasteiger partial charge is 0.161 e. The van der Waals surface area contributed by atoms with Gasteiger partial charge in [-0.25, -0.2) is 9.97 Å². The largest absolute Gasteiger partial charge is 0.497 e. The van der Waals surface area contributed by atoms with Crippen molar-refractivity contribution in [2.75, 3.05) is 7.11 Å². The summed E-state index contributed by atoms with van der Waals surface area (Å²) in [4.78, 5) is 8.50. The van der Waals surface area contributed by atoms with E-state index in [1.807, 2.05) is 31.2 Å². The van der Waals surface area contributed by atoms with E-state index in [9.17, 15) is 0 Å². The van der Waals surface area contributed by atoms with Gasteiger partial charge in [-0.15, -0.1) is 0 Å². The Morgan fingerprint density at radius 3 is 2.38 bits per heavy atom. The highest BCUT2D eigenvalue weighted by atomic mass is 35.5. The van der Waals surface area contributed by atoms with Crippen molar-refractivity contribution in [3.63, 3.8) is 0 Å². The highest BCUT2D eigenvalue weighted by Crippen LogP contribution is 2.20. The Labute approximate surface area is 99.1 Å². The van der Waals surface area contributed by atoms with Gasteiger partial charge in [-0.05, 0) is 37.3 Å². The molecule has 0 aliphatic rings. The molecule has 0 saturated carbocycles. The average Bonchev–Trinajstić information content (AvgIpc) is 2.28. The van der Waals surface area contributed by atoms with Crippen molar-refractivity contribution in [2.24, 2.45) is 0 Å². The van der Waals surface area contributed by atoms with Gasteiger partial charge in [0.15, 0.2) is 5.82 Å². The van der Waals surface area contributed by atoms with Crippen LogP contribution >= 0.6 is 11.6 Å². The summed E-state index contributed by atoms with van der Waals surface area (Å²) in [5, 5.41) is 0.457. The van der Waals surface area contributed by atoms with Gasteiger partial charge >= 0.3 is 0 Å². The van der Waals surface area contributed by atoms with Crippen LogP contribution in [0.25, 0.3) is 11.4 Å². The fourth-order valence-corrected chi connectivity index (χ4v) is 1.64. The molecule has 1 aromatic carbocycles. The SMILES string of the molecule is COc1ccc(-c2nc(C)cc(Cl)n2)cc1. The topological polar surface area (TPSA) is 35.0 Å². The second-order valence-corrected chi connectivity index (χ2v) is 3.77. The number of aryl methyl sites for hydroxylation is 1. The Morgan fingerprint density at radius 2 is 1.81 bits per heavy atom. The van der Waals surface area contributed by atoms with Crippen molar-refractivity contribution >= 4 is 11.6 Å². The second kappa shape index (κ2) is 4.49. The lowest BCUT2D eigenvalue weighted by Gasteiger charge is -2.03. The molecule has 0 amide bonds. The molecule has 82 valence electrons. The van der Waals surface area contributed by atoms with Gasteiger partial charge in [0.05, 0.1) is 7.11 Å². The van der Waals surface area contributed by atoms with E-state index in [2.05, 4.69) is 9.97 Å². The lowest BCUT2D eigenvalue weighted by Crippen LogP contribution is -1.92. The quantitative estimate of drug-likeness (QED) is 0.749. The fraction of sp³-hybridized carbons (Fsp3) is 0.167. The third kappa shape index (κ3) is 2.31. The minimum Gasteiger partial charge on any atom is -0.497 e. The predicted molar refractivity (Wildman–Crippen MR) is 63.8 cm³/mol. The number of benzene rings is 1. The number of hydrogen-bond donors (Lipinski definition) is 0. The van der Waals surface area contributed by atoms with Crippen LogP contribution in [0.2, 0.25) is 5.15 Å². The first-order chi connectivity index (χ1) is 7.69. The van der Waals surface area contributed by atoms with Crippen molar-refractivity contribution in [1.29, 1.82) is 0 Å². The molecule has 2 aromatic rings. The van der Waals surface area contributed by atoms with Crippen LogP contribution in [0, 0.1) is 6.92 Å². The van der Waals surface area contributed by atoms with E-state index >= 15 is 0 Å². The van der Waals surface area contributed by atoms with Gasteiger partial charge in [0, 0.05) is 11.3 Å². The first-order valence-electron chi connectivity index (χ1n) is 4.84.